The molecule has 1 aromatic heterocycles. The van der Waals surface area contributed by atoms with Crippen molar-refractivity contribution in [2.75, 3.05) is 0 Å². The molecule has 0 amide bonds. The molecule has 96 valence electrons. The topological polar surface area (TPSA) is 33.1 Å². The quantitative estimate of drug-likeness (QED) is 0.907. The van der Waals surface area contributed by atoms with Gasteiger partial charge in [0.25, 0.3) is 0 Å². The summed E-state index contributed by atoms with van der Waals surface area (Å²) < 4.78 is 37.5. The van der Waals surface area contributed by atoms with E-state index in [-0.39, 0.29) is 0 Å². The Balaban J connectivity index is 2.36. The summed E-state index contributed by atoms with van der Waals surface area (Å²) in [6.07, 6.45) is -3.79. The van der Waals surface area contributed by atoms with E-state index in [1.807, 2.05) is 0 Å². The Morgan fingerprint density at radius 3 is 2.56 bits per heavy atom. The molecule has 1 aromatic carbocycles. The Labute approximate surface area is 106 Å². The summed E-state index contributed by atoms with van der Waals surface area (Å²) in [5.41, 5.74) is 1.73. The third kappa shape index (κ3) is 2.54. The zero-order valence-electron chi connectivity index (χ0n) is 9.40. The predicted octanol–water partition coefficient (Wildman–Crippen LogP) is 3.55. The van der Waals surface area contributed by atoms with Crippen molar-refractivity contribution in [1.82, 2.24) is 4.98 Å². The predicted molar refractivity (Wildman–Crippen MR) is 62.4 cm³/mol. The zero-order valence-corrected chi connectivity index (χ0v) is 10.2. The third-order valence-corrected chi connectivity index (χ3v) is 3.44. The molecule has 0 saturated carbocycles. The van der Waals surface area contributed by atoms with Gasteiger partial charge in [-0.1, -0.05) is 6.07 Å². The summed E-state index contributed by atoms with van der Waals surface area (Å²) in [7, 11) is 0. The number of benzene rings is 1. The zero-order chi connectivity index (χ0) is 13.3. The van der Waals surface area contributed by atoms with Crippen LogP contribution in [0.1, 0.15) is 27.7 Å². The van der Waals surface area contributed by atoms with Crippen LogP contribution < -0.4 is 0 Å². The van der Waals surface area contributed by atoms with E-state index in [0.717, 1.165) is 12.1 Å². The molecule has 0 spiro atoms. The molecule has 0 aliphatic rings. The van der Waals surface area contributed by atoms with Crippen molar-refractivity contribution in [3.8, 4) is 0 Å². The summed E-state index contributed by atoms with van der Waals surface area (Å²) in [5, 5.41) is 10.0. The molecule has 0 aliphatic heterocycles. The van der Waals surface area contributed by atoms with Gasteiger partial charge in [0, 0.05) is 6.20 Å². The van der Waals surface area contributed by atoms with Crippen molar-refractivity contribution in [3.63, 3.8) is 0 Å². The molecule has 2 rings (SSSR count). The number of nitrogens with zero attached hydrogens (tertiary/aromatic N) is 1. The first-order valence-corrected chi connectivity index (χ1v) is 6.02. The van der Waals surface area contributed by atoms with Crippen LogP contribution >= 0.6 is 11.3 Å². The lowest BCUT2D eigenvalue weighted by Crippen LogP contribution is -2.07. The van der Waals surface area contributed by atoms with Crippen LogP contribution in [0, 0.1) is 6.92 Å². The van der Waals surface area contributed by atoms with Gasteiger partial charge in [0.15, 0.2) is 0 Å². The maximum Gasteiger partial charge on any atom is 0.416 e. The SMILES string of the molecule is Cc1cc(C(F)(F)F)ccc1C(O)c1cncs1. The van der Waals surface area contributed by atoms with Crippen molar-refractivity contribution in [2.45, 2.75) is 19.2 Å². The molecular formula is C12H10F3NOS. The van der Waals surface area contributed by atoms with Gasteiger partial charge in [0.05, 0.1) is 16.0 Å². The van der Waals surface area contributed by atoms with Gasteiger partial charge in [0.2, 0.25) is 0 Å². The van der Waals surface area contributed by atoms with Gasteiger partial charge in [-0.15, -0.1) is 11.3 Å². The van der Waals surface area contributed by atoms with Crippen molar-refractivity contribution >= 4 is 11.3 Å². The van der Waals surface area contributed by atoms with Gasteiger partial charge in [-0.2, -0.15) is 13.2 Å². The molecule has 1 N–H and O–H groups in total. The number of aliphatic hydroxyl groups is 1. The third-order valence-electron chi connectivity index (χ3n) is 2.61. The average molecular weight is 273 g/mol. The van der Waals surface area contributed by atoms with Gasteiger partial charge in [-0.25, -0.2) is 0 Å². The molecule has 2 nitrogen and oxygen atoms in total. The number of rotatable bonds is 2. The maximum atomic E-state index is 12.5. The molecule has 0 aliphatic carbocycles. The second-order valence-electron chi connectivity index (χ2n) is 3.88. The Morgan fingerprint density at radius 1 is 1.33 bits per heavy atom. The first kappa shape index (κ1) is 13.0. The van der Waals surface area contributed by atoms with E-state index in [9.17, 15) is 18.3 Å². The number of aryl methyl sites for hydroxylation is 1. The fourth-order valence-electron chi connectivity index (χ4n) is 1.67. The highest BCUT2D eigenvalue weighted by molar-refractivity contribution is 7.09. The molecule has 6 heteroatoms. The highest BCUT2D eigenvalue weighted by Gasteiger charge is 2.31. The molecule has 0 bridgehead atoms. The molecule has 1 atom stereocenters. The monoisotopic (exact) mass is 273 g/mol. The number of hydrogen-bond donors (Lipinski definition) is 1. The van der Waals surface area contributed by atoms with E-state index >= 15 is 0 Å². The number of aromatic nitrogens is 1. The standard InChI is InChI=1S/C12H10F3NOS/c1-7-4-8(12(13,14)15)2-3-9(7)11(17)10-5-16-6-18-10/h2-6,11,17H,1H3. The van der Waals surface area contributed by atoms with Crippen molar-refractivity contribution in [1.29, 1.82) is 0 Å². The molecule has 0 fully saturated rings. The Kier molecular flexibility index (Phi) is 3.41. The summed E-state index contributed by atoms with van der Waals surface area (Å²) >= 11 is 1.26. The van der Waals surface area contributed by atoms with Crippen LogP contribution in [0.3, 0.4) is 0 Å². The van der Waals surface area contributed by atoms with Crippen LogP contribution in [-0.4, -0.2) is 10.1 Å². The molecule has 0 radical (unpaired) electrons. The normalized spacial score (nSPS) is 13.6. The lowest BCUT2D eigenvalue weighted by molar-refractivity contribution is -0.137. The fourth-order valence-corrected chi connectivity index (χ4v) is 2.29. The van der Waals surface area contributed by atoms with Crippen LogP contribution in [0.15, 0.2) is 29.9 Å². The minimum atomic E-state index is -4.36. The molecule has 0 saturated heterocycles. The summed E-state index contributed by atoms with van der Waals surface area (Å²) in [4.78, 5) is 4.44. The smallest absolute Gasteiger partial charge is 0.383 e. The number of alkyl halides is 3. The van der Waals surface area contributed by atoms with E-state index in [2.05, 4.69) is 4.98 Å². The Morgan fingerprint density at radius 2 is 2.06 bits per heavy atom. The van der Waals surface area contributed by atoms with E-state index in [4.69, 9.17) is 0 Å². The number of hydrogen-bond acceptors (Lipinski definition) is 3. The van der Waals surface area contributed by atoms with Crippen LogP contribution in [0.2, 0.25) is 0 Å². The molecule has 1 unspecified atom stereocenters. The number of aliphatic hydroxyl groups excluding tert-OH is 1. The average Bonchev–Trinajstić information content (AvgIpc) is 2.80. The lowest BCUT2D eigenvalue weighted by Gasteiger charge is -2.14. The van der Waals surface area contributed by atoms with E-state index in [1.165, 1.54) is 23.6 Å². The first-order valence-electron chi connectivity index (χ1n) is 5.14. The van der Waals surface area contributed by atoms with Crippen molar-refractivity contribution in [2.24, 2.45) is 0 Å². The maximum absolute atomic E-state index is 12.5. The first-order chi connectivity index (χ1) is 8.39. The largest absolute Gasteiger partial charge is 0.416 e. The Hall–Kier alpha value is -1.40. The molecule has 18 heavy (non-hydrogen) atoms. The summed E-state index contributed by atoms with van der Waals surface area (Å²) in [6, 6.07) is 3.33. The van der Waals surface area contributed by atoms with Crippen LogP contribution in [-0.2, 0) is 6.18 Å². The summed E-state index contributed by atoms with van der Waals surface area (Å²) in [5.74, 6) is 0. The lowest BCUT2D eigenvalue weighted by atomic mass is 10.00. The number of halogens is 3. The Bertz CT molecular complexity index is 537. The van der Waals surface area contributed by atoms with Crippen LogP contribution in [0.4, 0.5) is 13.2 Å². The van der Waals surface area contributed by atoms with E-state index in [0.29, 0.717) is 16.0 Å². The van der Waals surface area contributed by atoms with Gasteiger partial charge >= 0.3 is 6.18 Å². The van der Waals surface area contributed by atoms with E-state index < -0.39 is 17.8 Å². The van der Waals surface area contributed by atoms with Gasteiger partial charge in [-0.3, -0.25) is 4.98 Å². The number of thiazole rings is 1. The van der Waals surface area contributed by atoms with Gasteiger partial charge in [0.1, 0.15) is 6.10 Å². The van der Waals surface area contributed by atoms with E-state index in [1.54, 1.807) is 12.4 Å². The minimum absolute atomic E-state index is 0.408. The molecule has 1 heterocycles. The minimum Gasteiger partial charge on any atom is -0.383 e. The van der Waals surface area contributed by atoms with Crippen LogP contribution in [0.5, 0.6) is 0 Å². The molecular weight excluding hydrogens is 263 g/mol. The van der Waals surface area contributed by atoms with Crippen LogP contribution in [0.25, 0.3) is 0 Å². The summed E-state index contributed by atoms with van der Waals surface area (Å²) in [6.45, 7) is 1.55. The second kappa shape index (κ2) is 4.70. The highest BCUT2D eigenvalue weighted by atomic mass is 32.1. The molecule has 2 aromatic rings. The van der Waals surface area contributed by atoms with Gasteiger partial charge in [-0.05, 0) is 30.2 Å². The van der Waals surface area contributed by atoms with Crippen molar-refractivity contribution < 1.29 is 18.3 Å². The second-order valence-corrected chi connectivity index (χ2v) is 4.79. The highest BCUT2D eigenvalue weighted by Crippen LogP contribution is 2.33. The van der Waals surface area contributed by atoms with Crippen molar-refractivity contribution in [3.05, 3.63) is 51.5 Å². The van der Waals surface area contributed by atoms with Gasteiger partial charge < -0.3 is 5.11 Å². The fraction of sp³-hybridized carbons (Fsp3) is 0.250.